The number of halogens is 3. The fraction of sp³-hybridized carbons (Fsp3) is 0.118. The zero-order chi connectivity index (χ0) is 18.0. The Morgan fingerprint density at radius 2 is 1.88 bits per heavy atom. The molecule has 1 heterocycles. The van der Waals surface area contributed by atoms with Gasteiger partial charge in [-0.2, -0.15) is 0 Å². The summed E-state index contributed by atoms with van der Waals surface area (Å²) in [6.07, 6.45) is -0.926. The van der Waals surface area contributed by atoms with Crippen molar-refractivity contribution in [3.05, 3.63) is 70.6 Å². The van der Waals surface area contributed by atoms with Gasteiger partial charge in [-0.1, -0.05) is 17.7 Å². The van der Waals surface area contributed by atoms with Crippen molar-refractivity contribution in [1.82, 2.24) is 10.2 Å². The van der Waals surface area contributed by atoms with Crippen LogP contribution in [0.5, 0.6) is 0 Å². The van der Waals surface area contributed by atoms with Crippen LogP contribution in [-0.4, -0.2) is 16.2 Å². The normalized spacial score (nSPS) is 12.0. The van der Waals surface area contributed by atoms with Crippen molar-refractivity contribution in [2.75, 3.05) is 0 Å². The highest BCUT2D eigenvalue weighted by Crippen LogP contribution is 2.25. The Hall–Kier alpha value is -2.80. The lowest BCUT2D eigenvalue weighted by molar-refractivity contribution is 0.0275. The molecule has 0 spiro atoms. The van der Waals surface area contributed by atoms with Crippen LogP contribution >= 0.6 is 11.6 Å². The van der Waals surface area contributed by atoms with Gasteiger partial charge in [0.05, 0.1) is 5.02 Å². The lowest BCUT2D eigenvalue weighted by atomic mass is 10.2. The van der Waals surface area contributed by atoms with Crippen LogP contribution in [0.15, 0.2) is 46.9 Å². The number of carbonyl (C=O) groups excluding carboxylic acids is 1. The van der Waals surface area contributed by atoms with E-state index in [2.05, 4.69) is 10.2 Å². The second-order valence-electron chi connectivity index (χ2n) is 5.10. The first-order chi connectivity index (χ1) is 12.0. The summed E-state index contributed by atoms with van der Waals surface area (Å²) in [5, 5.41) is 7.55. The quantitative estimate of drug-likeness (QED) is 0.634. The molecule has 3 rings (SSSR count). The molecule has 0 bridgehead atoms. The van der Waals surface area contributed by atoms with Crippen LogP contribution in [0.1, 0.15) is 29.3 Å². The van der Waals surface area contributed by atoms with E-state index in [1.54, 1.807) is 0 Å². The molecule has 0 N–H and O–H groups in total. The first-order valence-corrected chi connectivity index (χ1v) is 7.58. The standard InChI is InChI=1S/C17H11ClF2N2O3/c1-9(24-17(23)14-12(18)3-2-4-13(14)20)15-21-22-16(25-15)10-5-7-11(19)8-6-10/h2-9H,1H3/t9-/m0/s1. The summed E-state index contributed by atoms with van der Waals surface area (Å²) in [7, 11) is 0. The molecule has 5 nitrogen and oxygen atoms in total. The molecule has 0 aliphatic rings. The minimum Gasteiger partial charge on any atom is -0.449 e. The van der Waals surface area contributed by atoms with Crippen LogP contribution in [0.2, 0.25) is 5.02 Å². The molecule has 2 aromatic carbocycles. The maximum Gasteiger partial charge on any atom is 0.343 e. The predicted molar refractivity (Wildman–Crippen MR) is 84.9 cm³/mol. The van der Waals surface area contributed by atoms with Crippen molar-refractivity contribution in [2.45, 2.75) is 13.0 Å². The van der Waals surface area contributed by atoms with Crippen LogP contribution < -0.4 is 0 Å². The van der Waals surface area contributed by atoms with Crippen LogP contribution in [-0.2, 0) is 4.74 Å². The van der Waals surface area contributed by atoms with Gasteiger partial charge in [-0.25, -0.2) is 13.6 Å². The van der Waals surface area contributed by atoms with E-state index in [1.165, 1.54) is 43.3 Å². The van der Waals surface area contributed by atoms with Gasteiger partial charge in [-0.3, -0.25) is 0 Å². The SMILES string of the molecule is C[C@H](OC(=O)c1c(F)cccc1Cl)c1nnc(-c2ccc(F)cc2)o1. The van der Waals surface area contributed by atoms with Crippen molar-refractivity contribution in [3.63, 3.8) is 0 Å². The molecule has 0 saturated carbocycles. The van der Waals surface area contributed by atoms with E-state index in [1.807, 2.05) is 0 Å². The average molecular weight is 365 g/mol. The van der Waals surface area contributed by atoms with Crippen molar-refractivity contribution in [3.8, 4) is 11.5 Å². The first-order valence-electron chi connectivity index (χ1n) is 7.20. The highest BCUT2D eigenvalue weighted by molar-refractivity contribution is 6.33. The highest BCUT2D eigenvalue weighted by Gasteiger charge is 2.23. The number of benzene rings is 2. The van der Waals surface area contributed by atoms with E-state index in [0.717, 1.165) is 6.07 Å². The van der Waals surface area contributed by atoms with Gasteiger partial charge in [-0.05, 0) is 43.3 Å². The molecule has 0 radical (unpaired) electrons. The molecule has 0 amide bonds. The Morgan fingerprint density at radius 1 is 1.16 bits per heavy atom. The Labute approximate surface area is 146 Å². The molecule has 3 aromatic rings. The maximum absolute atomic E-state index is 13.7. The molecule has 0 unspecified atom stereocenters. The number of esters is 1. The maximum atomic E-state index is 13.7. The first kappa shape index (κ1) is 17.0. The van der Waals surface area contributed by atoms with Gasteiger partial charge >= 0.3 is 5.97 Å². The molecule has 0 fully saturated rings. The molecular formula is C17H11ClF2N2O3. The van der Waals surface area contributed by atoms with E-state index in [4.69, 9.17) is 20.8 Å². The van der Waals surface area contributed by atoms with Gasteiger partial charge in [0.2, 0.25) is 5.89 Å². The number of hydrogen-bond acceptors (Lipinski definition) is 5. The van der Waals surface area contributed by atoms with Gasteiger partial charge in [0.15, 0.2) is 6.10 Å². The van der Waals surface area contributed by atoms with Crippen molar-refractivity contribution in [2.24, 2.45) is 0 Å². The van der Waals surface area contributed by atoms with Crippen LogP contribution in [0, 0.1) is 11.6 Å². The molecule has 0 saturated heterocycles. The largest absolute Gasteiger partial charge is 0.449 e. The number of carbonyl (C=O) groups is 1. The summed E-state index contributed by atoms with van der Waals surface area (Å²) in [5.41, 5.74) is 0.144. The predicted octanol–water partition coefficient (Wildman–Crippen LogP) is 4.59. The van der Waals surface area contributed by atoms with Crippen molar-refractivity contribution >= 4 is 17.6 Å². The van der Waals surface area contributed by atoms with E-state index < -0.39 is 23.7 Å². The Bertz CT molecular complexity index is 892. The molecule has 1 aromatic heterocycles. The number of aromatic nitrogens is 2. The molecule has 128 valence electrons. The smallest absolute Gasteiger partial charge is 0.343 e. The van der Waals surface area contributed by atoms with Crippen LogP contribution in [0.25, 0.3) is 11.5 Å². The van der Waals surface area contributed by atoms with Gasteiger partial charge in [0.1, 0.15) is 17.2 Å². The third-order valence-corrected chi connectivity index (χ3v) is 3.65. The van der Waals surface area contributed by atoms with Crippen molar-refractivity contribution < 1.29 is 22.7 Å². The fourth-order valence-corrected chi connectivity index (χ4v) is 2.31. The summed E-state index contributed by atoms with van der Waals surface area (Å²) in [6, 6.07) is 9.32. The third-order valence-electron chi connectivity index (χ3n) is 3.33. The number of hydrogen-bond donors (Lipinski definition) is 0. The number of nitrogens with zero attached hydrogens (tertiary/aromatic N) is 2. The molecular weight excluding hydrogens is 354 g/mol. The monoisotopic (exact) mass is 364 g/mol. The van der Waals surface area contributed by atoms with E-state index in [9.17, 15) is 13.6 Å². The number of ether oxygens (including phenoxy) is 1. The van der Waals surface area contributed by atoms with Crippen LogP contribution in [0.3, 0.4) is 0 Å². The lowest BCUT2D eigenvalue weighted by Gasteiger charge is -2.10. The minimum absolute atomic E-state index is 0.0140. The van der Waals surface area contributed by atoms with E-state index in [0.29, 0.717) is 5.56 Å². The van der Waals surface area contributed by atoms with E-state index >= 15 is 0 Å². The topological polar surface area (TPSA) is 65.2 Å². The van der Waals surface area contributed by atoms with Gasteiger partial charge < -0.3 is 9.15 Å². The zero-order valence-corrected chi connectivity index (χ0v) is 13.6. The summed E-state index contributed by atoms with van der Waals surface area (Å²) in [5.74, 6) is -1.98. The van der Waals surface area contributed by atoms with Gasteiger partial charge in [0.25, 0.3) is 5.89 Å². The van der Waals surface area contributed by atoms with E-state index in [-0.39, 0.29) is 22.4 Å². The Balaban J connectivity index is 1.77. The Morgan fingerprint density at radius 3 is 2.56 bits per heavy atom. The third kappa shape index (κ3) is 3.66. The lowest BCUT2D eigenvalue weighted by Crippen LogP contribution is -2.12. The average Bonchev–Trinajstić information content (AvgIpc) is 3.05. The molecule has 0 aliphatic carbocycles. The summed E-state index contributed by atoms with van der Waals surface area (Å²) in [4.78, 5) is 12.1. The second-order valence-corrected chi connectivity index (χ2v) is 5.50. The van der Waals surface area contributed by atoms with Gasteiger partial charge in [-0.15, -0.1) is 10.2 Å². The number of rotatable bonds is 4. The summed E-state index contributed by atoms with van der Waals surface area (Å²) in [6.45, 7) is 1.49. The fourth-order valence-electron chi connectivity index (χ4n) is 2.07. The van der Waals surface area contributed by atoms with Crippen molar-refractivity contribution in [1.29, 1.82) is 0 Å². The molecule has 8 heteroatoms. The molecule has 1 atom stereocenters. The second kappa shape index (κ2) is 6.98. The minimum atomic E-state index is -0.947. The Kier molecular flexibility index (Phi) is 4.76. The molecule has 0 aliphatic heterocycles. The molecule has 25 heavy (non-hydrogen) atoms. The zero-order valence-electron chi connectivity index (χ0n) is 12.9. The van der Waals surface area contributed by atoms with Gasteiger partial charge in [0, 0.05) is 5.56 Å². The van der Waals surface area contributed by atoms with Crippen LogP contribution in [0.4, 0.5) is 8.78 Å². The highest BCUT2D eigenvalue weighted by atomic mass is 35.5. The summed E-state index contributed by atoms with van der Waals surface area (Å²) < 4.78 is 37.2. The summed E-state index contributed by atoms with van der Waals surface area (Å²) >= 11 is 5.83.